The molecule has 1 aliphatic carbocycles. The number of benzene rings is 2. The van der Waals surface area contributed by atoms with E-state index in [1.165, 1.54) is 0 Å². The normalized spacial score (nSPS) is 14.7. The highest BCUT2D eigenvalue weighted by atomic mass is 35.5. The molecule has 32 heavy (non-hydrogen) atoms. The summed E-state index contributed by atoms with van der Waals surface area (Å²) in [5.41, 5.74) is 0.892. The maximum atomic E-state index is 13.1. The quantitative estimate of drug-likeness (QED) is 0.452. The minimum Gasteiger partial charge on any atom is -0.494 e. The summed E-state index contributed by atoms with van der Waals surface area (Å²) in [7, 11) is 0. The van der Waals surface area contributed by atoms with Crippen LogP contribution in [0.1, 0.15) is 51.0 Å². The number of hydrogen-bond donors (Lipinski definition) is 1. The van der Waals surface area contributed by atoms with Gasteiger partial charge in [-0.1, -0.05) is 48.2 Å². The topological polar surface area (TPSA) is 58.6 Å². The van der Waals surface area contributed by atoms with E-state index in [0.717, 1.165) is 31.2 Å². The second-order valence-electron chi connectivity index (χ2n) is 8.22. The molecule has 1 fully saturated rings. The Balaban J connectivity index is 1.59. The van der Waals surface area contributed by atoms with E-state index in [1.54, 1.807) is 42.2 Å². The zero-order valence-electron chi connectivity index (χ0n) is 18.4. The predicted octanol–water partition coefficient (Wildman–Crippen LogP) is 5.63. The van der Waals surface area contributed by atoms with E-state index in [1.807, 2.05) is 18.2 Å². The number of halogens is 2. The van der Waals surface area contributed by atoms with E-state index in [4.69, 9.17) is 27.9 Å². The van der Waals surface area contributed by atoms with E-state index in [9.17, 15) is 9.59 Å². The van der Waals surface area contributed by atoms with Crippen molar-refractivity contribution in [1.29, 1.82) is 0 Å². The van der Waals surface area contributed by atoms with E-state index in [-0.39, 0.29) is 24.3 Å². The number of ether oxygens (including phenoxy) is 1. The van der Waals surface area contributed by atoms with Gasteiger partial charge in [0.25, 0.3) is 0 Å². The first-order valence-corrected chi connectivity index (χ1v) is 11.9. The first kappa shape index (κ1) is 24.4. The van der Waals surface area contributed by atoms with Gasteiger partial charge in [-0.05, 0) is 68.1 Å². The standard InChI is InChI=1S/C25H30Cl2N2O3/c1-18(25(31)28-22-8-2-3-9-22)29(17-19-6-4-7-21(27)16-19)24(30)10-5-15-32-23-13-11-20(26)12-14-23/h4,6-7,11-14,16,18,22H,2-3,5,8-10,15,17H2,1H3,(H,28,31)/t18-/m0/s1. The highest BCUT2D eigenvalue weighted by Crippen LogP contribution is 2.20. The summed E-state index contributed by atoms with van der Waals surface area (Å²) in [5.74, 6) is 0.519. The van der Waals surface area contributed by atoms with Crippen molar-refractivity contribution in [3.8, 4) is 5.75 Å². The first-order valence-electron chi connectivity index (χ1n) is 11.1. The molecule has 0 unspecified atom stereocenters. The van der Waals surface area contributed by atoms with Crippen LogP contribution in [0.4, 0.5) is 0 Å². The molecule has 1 saturated carbocycles. The van der Waals surface area contributed by atoms with Gasteiger partial charge in [-0.2, -0.15) is 0 Å². The average Bonchev–Trinajstić information content (AvgIpc) is 3.28. The van der Waals surface area contributed by atoms with Crippen molar-refractivity contribution in [2.24, 2.45) is 0 Å². The Morgan fingerprint density at radius 2 is 1.81 bits per heavy atom. The number of carbonyl (C=O) groups excluding carboxylic acids is 2. The number of nitrogens with one attached hydrogen (secondary N) is 1. The lowest BCUT2D eigenvalue weighted by Crippen LogP contribution is -2.49. The molecule has 2 aromatic carbocycles. The Morgan fingerprint density at radius 3 is 2.50 bits per heavy atom. The minimum absolute atomic E-state index is 0.0845. The zero-order chi connectivity index (χ0) is 22.9. The van der Waals surface area contributed by atoms with Crippen molar-refractivity contribution in [3.63, 3.8) is 0 Å². The lowest BCUT2D eigenvalue weighted by Gasteiger charge is -2.30. The van der Waals surface area contributed by atoms with Gasteiger partial charge >= 0.3 is 0 Å². The molecule has 5 nitrogen and oxygen atoms in total. The Hall–Kier alpha value is -2.24. The number of hydrogen-bond acceptors (Lipinski definition) is 3. The Labute approximate surface area is 200 Å². The van der Waals surface area contributed by atoms with Crippen LogP contribution in [0.25, 0.3) is 0 Å². The molecule has 2 amide bonds. The van der Waals surface area contributed by atoms with Gasteiger partial charge in [-0.15, -0.1) is 0 Å². The number of rotatable bonds is 10. The summed E-state index contributed by atoms with van der Waals surface area (Å²) in [6.45, 7) is 2.52. The number of nitrogens with zero attached hydrogens (tertiary/aromatic N) is 1. The molecule has 2 aromatic rings. The molecule has 0 aromatic heterocycles. The molecule has 0 bridgehead atoms. The lowest BCUT2D eigenvalue weighted by atomic mass is 10.1. The van der Waals surface area contributed by atoms with Gasteiger partial charge in [0, 0.05) is 29.1 Å². The fourth-order valence-electron chi connectivity index (χ4n) is 3.89. The zero-order valence-corrected chi connectivity index (χ0v) is 19.9. The number of carbonyl (C=O) groups is 2. The van der Waals surface area contributed by atoms with E-state index in [2.05, 4.69) is 5.32 Å². The van der Waals surface area contributed by atoms with Crippen LogP contribution in [0.5, 0.6) is 5.75 Å². The molecule has 172 valence electrons. The Kier molecular flexibility index (Phi) is 9.24. The summed E-state index contributed by atoms with van der Waals surface area (Å²) in [6, 6.07) is 14.1. The van der Waals surface area contributed by atoms with Crippen LogP contribution in [0.3, 0.4) is 0 Å². The maximum absolute atomic E-state index is 13.1. The van der Waals surface area contributed by atoms with Crippen LogP contribution in [0.15, 0.2) is 48.5 Å². The summed E-state index contributed by atoms with van der Waals surface area (Å²) in [5, 5.41) is 4.36. The van der Waals surface area contributed by atoms with Crippen LogP contribution in [-0.4, -0.2) is 35.4 Å². The van der Waals surface area contributed by atoms with Gasteiger partial charge in [-0.3, -0.25) is 9.59 Å². The first-order chi connectivity index (χ1) is 15.4. The highest BCUT2D eigenvalue weighted by molar-refractivity contribution is 6.30. The molecule has 0 spiro atoms. The van der Waals surface area contributed by atoms with Gasteiger partial charge in [0.15, 0.2) is 0 Å². The third kappa shape index (κ3) is 7.42. The monoisotopic (exact) mass is 476 g/mol. The molecular weight excluding hydrogens is 447 g/mol. The van der Waals surface area contributed by atoms with Crippen molar-refractivity contribution >= 4 is 35.0 Å². The average molecular weight is 477 g/mol. The SMILES string of the molecule is C[C@@H](C(=O)NC1CCCC1)N(Cc1cccc(Cl)c1)C(=O)CCCOc1ccc(Cl)cc1. The van der Waals surface area contributed by atoms with Crippen molar-refractivity contribution in [2.45, 2.75) is 64.1 Å². The van der Waals surface area contributed by atoms with Gasteiger partial charge in [-0.25, -0.2) is 0 Å². The molecule has 3 rings (SSSR count). The molecule has 0 saturated heterocycles. The molecular formula is C25H30Cl2N2O3. The van der Waals surface area contributed by atoms with Crippen LogP contribution >= 0.6 is 23.2 Å². The third-order valence-corrected chi connectivity index (χ3v) is 6.22. The molecule has 0 heterocycles. The van der Waals surface area contributed by atoms with Gasteiger partial charge < -0.3 is 15.0 Å². The Morgan fingerprint density at radius 1 is 1.09 bits per heavy atom. The van der Waals surface area contributed by atoms with Gasteiger partial charge in [0.1, 0.15) is 11.8 Å². The fraction of sp³-hybridized carbons (Fsp3) is 0.440. The number of amides is 2. The molecule has 0 aliphatic heterocycles. The largest absolute Gasteiger partial charge is 0.494 e. The highest BCUT2D eigenvalue weighted by Gasteiger charge is 2.28. The second-order valence-corrected chi connectivity index (χ2v) is 9.10. The van der Waals surface area contributed by atoms with Gasteiger partial charge in [0.05, 0.1) is 6.61 Å². The molecule has 1 aliphatic rings. The minimum atomic E-state index is -0.570. The van der Waals surface area contributed by atoms with Crippen LogP contribution in [0, 0.1) is 0 Å². The smallest absolute Gasteiger partial charge is 0.242 e. The second kappa shape index (κ2) is 12.1. The summed E-state index contributed by atoms with van der Waals surface area (Å²) in [6.07, 6.45) is 5.11. The predicted molar refractivity (Wildman–Crippen MR) is 128 cm³/mol. The van der Waals surface area contributed by atoms with E-state index < -0.39 is 6.04 Å². The van der Waals surface area contributed by atoms with Gasteiger partial charge in [0.2, 0.25) is 11.8 Å². The fourth-order valence-corrected chi connectivity index (χ4v) is 4.23. The maximum Gasteiger partial charge on any atom is 0.242 e. The molecule has 7 heteroatoms. The summed E-state index contributed by atoms with van der Waals surface area (Å²) < 4.78 is 5.70. The van der Waals surface area contributed by atoms with Crippen molar-refractivity contribution in [2.75, 3.05) is 6.61 Å². The lowest BCUT2D eigenvalue weighted by molar-refractivity contribution is -0.141. The Bertz CT molecular complexity index is 898. The summed E-state index contributed by atoms with van der Waals surface area (Å²) in [4.78, 5) is 27.6. The van der Waals surface area contributed by atoms with Crippen molar-refractivity contribution in [3.05, 3.63) is 64.1 Å². The molecule has 0 radical (unpaired) electrons. The third-order valence-electron chi connectivity index (χ3n) is 5.73. The van der Waals surface area contributed by atoms with Crippen molar-refractivity contribution in [1.82, 2.24) is 10.2 Å². The van der Waals surface area contributed by atoms with Crippen LogP contribution in [0.2, 0.25) is 10.0 Å². The molecule has 1 N–H and O–H groups in total. The van der Waals surface area contributed by atoms with E-state index >= 15 is 0 Å². The van der Waals surface area contributed by atoms with E-state index in [0.29, 0.717) is 35.4 Å². The molecule has 1 atom stereocenters. The summed E-state index contributed by atoms with van der Waals surface area (Å²) >= 11 is 12.0. The van der Waals surface area contributed by atoms with Crippen molar-refractivity contribution < 1.29 is 14.3 Å². The van der Waals surface area contributed by atoms with Crippen LogP contribution < -0.4 is 10.1 Å². The van der Waals surface area contributed by atoms with Crippen LogP contribution in [-0.2, 0) is 16.1 Å².